The summed E-state index contributed by atoms with van der Waals surface area (Å²) in [5, 5.41) is 8.31. The SMILES string of the molecule is CCCn1ncc(Cl)c1C(C)(C)CCNC. The average molecular weight is 244 g/mol. The quantitative estimate of drug-likeness (QED) is 0.833. The van der Waals surface area contributed by atoms with Gasteiger partial charge in [-0.15, -0.1) is 0 Å². The van der Waals surface area contributed by atoms with Crippen LogP contribution in [-0.2, 0) is 12.0 Å². The van der Waals surface area contributed by atoms with Gasteiger partial charge in [0.1, 0.15) is 0 Å². The Hall–Kier alpha value is -0.540. The van der Waals surface area contributed by atoms with Crippen LogP contribution in [0.4, 0.5) is 0 Å². The van der Waals surface area contributed by atoms with Crippen LogP contribution in [0.5, 0.6) is 0 Å². The Morgan fingerprint density at radius 2 is 2.19 bits per heavy atom. The number of aryl methyl sites for hydroxylation is 1. The van der Waals surface area contributed by atoms with Crippen LogP contribution < -0.4 is 5.32 Å². The summed E-state index contributed by atoms with van der Waals surface area (Å²) in [5.41, 5.74) is 1.22. The van der Waals surface area contributed by atoms with E-state index in [-0.39, 0.29) is 5.41 Å². The second-order valence-electron chi connectivity index (χ2n) is 4.80. The smallest absolute Gasteiger partial charge is 0.0823 e. The van der Waals surface area contributed by atoms with Gasteiger partial charge in [-0.1, -0.05) is 32.4 Å². The largest absolute Gasteiger partial charge is 0.320 e. The maximum atomic E-state index is 6.24. The number of rotatable bonds is 6. The van der Waals surface area contributed by atoms with Crippen molar-refractivity contribution in [2.45, 2.75) is 45.6 Å². The molecule has 1 aromatic heterocycles. The Morgan fingerprint density at radius 1 is 1.50 bits per heavy atom. The zero-order valence-corrected chi connectivity index (χ0v) is 11.4. The number of nitrogens with one attached hydrogen (secondary N) is 1. The van der Waals surface area contributed by atoms with Gasteiger partial charge in [-0.2, -0.15) is 5.10 Å². The van der Waals surface area contributed by atoms with Gasteiger partial charge >= 0.3 is 0 Å². The fourth-order valence-corrected chi connectivity index (χ4v) is 2.37. The van der Waals surface area contributed by atoms with Crippen LogP contribution in [0.1, 0.15) is 39.3 Å². The lowest BCUT2D eigenvalue weighted by molar-refractivity contribution is 0.416. The van der Waals surface area contributed by atoms with Gasteiger partial charge < -0.3 is 5.32 Å². The summed E-state index contributed by atoms with van der Waals surface area (Å²) in [4.78, 5) is 0. The van der Waals surface area contributed by atoms with Crippen LogP contribution in [0.25, 0.3) is 0 Å². The Kier molecular flexibility index (Phi) is 4.81. The first-order chi connectivity index (χ1) is 7.53. The highest BCUT2D eigenvalue weighted by molar-refractivity contribution is 6.31. The number of hydrogen-bond acceptors (Lipinski definition) is 2. The maximum Gasteiger partial charge on any atom is 0.0823 e. The lowest BCUT2D eigenvalue weighted by Gasteiger charge is -2.26. The van der Waals surface area contributed by atoms with Crippen molar-refractivity contribution in [2.24, 2.45) is 0 Å². The van der Waals surface area contributed by atoms with E-state index < -0.39 is 0 Å². The molecule has 1 heterocycles. The van der Waals surface area contributed by atoms with E-state index in [0.29, 0.717) is 0 Å². The summed E-state index contributed by atoms with van der Waals surface area (Å²) < 4.78 is 2.04. The first-order valence-electron chi connectivity index (χ1n) is 5.89. The molecule has 0 unspecified atom stereocenters. The molecule has 92 valence electrons. The number of aromatic nitrogens is 2. The first kappa shape index (κ1) is 13.5. The van der Waals surface area contributed by atoms with E-state index in [2.05, 4.69) is 31.2 Å². The van der Waals surface area contributed by atoms with Crippen LogP contribution in [0.15, 0.2) is 6.20 Å². The molecular formula is C12H22ClN3. The van der Waals surface area contributed by atoms with E-state index in [4.69, 9.17) is 11.6 Å². The molecule has 3 nitrogen and oxygen atoms in total. The lowest BCUT2D eigenvalue weighted by atomic mass is 9.85. The molecule has 4 heteroatoms. The molecule has 0 saturated carbocycles. The Bertz CT molecular complexity index is 331. The topological polar surface area (TPSA) is 29.9 Å². The van der Waals surface area contributed by atoms with Gasteiger partial charge in [-0.25, -0.2) is 0 Å². The van der Waals surface area contributed by atoms with Crippen LogP contribution >= 0.6 is 11.6 Å². The van der Waals surface area contributed by atoms with Crippen LogP contribution in [0.3, 0.4) is 0 Å². The van der Waals surface area contributed by atoms with E-state index >= 15 is 0 Å². The van der Waals surface area contributed by atoms with Gasteiger partial charge in [0, 0.05) is 12.0 Å². The normalized spacial score (nSPS) is 12.1. The Balaban J connectivity index is 2.95. The van der Waals surface area contributed by atoms with E-state index in [9.17, 15) is 0 Å². The highest BCUT2D eigenvalue weighted by Gasteiger charge is 2.27. The van der Waals surface area contributed by atoms with Gasteiger partial charge in [-0.05, 0) is 26.4 Å². The molecule has 0 atom stereocenters. The van der Waals surface area contributed by atoms with Crippen molar-refractivity contribution in [2.75, 3.05) is 13.6 Å². The number of nitrogens with zero attached hydrogens (tertiary/aromatic N) is 2. The molecule has 0 saturated heterocycles. The summed E-state index contributed by atoms with van der Waals surface area (Å²) in [6.45, 7) is 8.52. The molecule has 0 spiro atoms. The third-order valence-corrected chi connectivity index (χ3v) is 3.15. The third-order valence-electron chi connectivity index (χ3n) is 2.87. The highest BCUT2D eigenvalue weighted by atomic mass is 35.5. The van der Waals surface area contributed by atoms with Crippen molar-refractivity contribution in [3.05, 3.63) is 16.9 Å². The summed E-state index contributed by atoms with van der Waals surface area (Å²) in [5.74, 6) is 0. The molecule has 0 amide bonds. The molecule has 1 N–H and O–H groups in total. The minimum absolute atomic E-state index is 0.0613. The number of hydrogen-bond donors (Lipinski definition) is 1. The average Bonchev–Trinajstić information content (AvgIpc) is 2.58. The summed E-state index contributed by atoms with van der Waals surface area (Å²) in [6, 6.07) is 0. The van der Waals surface area contributed by atoms with Crippen molar-refractivity contribution in [1.29, 1.82) is 0 Å². The van der Waals surface area contributed by atoms with Crippen LogP contribution in [0, 0.1) is 0 Å². The van der Waals surface area contributed by atoms with E-state index in [1.807, 2.05) is 11.7 Å². The zero-order valence-electron chi connectivity index (χ0n) is 10.7. The molecule has 0 bridgehead atoms. The molecule has 1 aromatic rings. The second-order valence-corrected chi connectivity index (χ2v) is 5.21. The third kappa shape index (κ3) is 2.98. The number of halogens is 1. The minimum atomic E-state index is 0.0613. The predicted molar refractivity (Wildman–Crippen MR) is 69.1 cm³/mol. The van der Waals surface area contributed by atoms with Gasteiger partial charge in [0.05, 0.1) is 16.9 Å². The van der Waals surface area contributed by atoms with Crippen molar-refractivity contribution in [3.63, 3.8) is 0 Å². The zero-order chi connectivity index (χ0) is 12.2. The molecule has 1 rings (SSSR count). The fourth-order valence-electron chi connectivity index (χ4n) is 1.97. The molecule has 0 aromatic carbocycles. The monoisotopic (exact) mass is 243 g/mol. The van der Waals surface area contributed by atoms with Crippen molar-refractivity contribution < 1.29 is 0 Å². The molecule has 0 aliphatic carbocycles. The van der Waals surface area contributed by atoms with Gasteiger partial charge in [0.2, 0.25) is 0 Å². The fraction of sp³-hybridized carbons (Fsp3) is 0.750. The van der Waals surface area contributed by atoms with Gasteiger partial charge in [-0.3, -0.25) is 4.68 Å². The van der Waals surface area contributed by atoms with Crippen molar-refractivity contribution in [1.82, 2.24) is 15.1 Å². The van der Waals surface area contributed by atoms with Crippen molar-refractivity contribution >= 4 is 11.6 Å². The summed E-state index contributed by atoms with van der Waals surface area (Å²) in [6.07, 6.45) is 3.89. The molecule has 0 aliphatic heterocycles. The molecule has 0 aliphatic rings. The second kappa shape index (κ2) is 5.69. The van der Waals surface area contributed by atoms with Crippen molar-refractivity contribution in [3.8, 4) is 0 Å². The maximum absolute atomic E-state index is 6.24. The van der Waals surface area contributed by atoms with Crippen LogP contribution in [0.2, 0.25) is 5.02 Å². The minimum Gasteiger partial charge on any atom is -0.320 e. The molecular weight excluding hydrogens is 222 g/mol. The van der Waals surface area contributed by atoms with E-state index in [1.165, 1.54) is 0 Å². The summed E-state index contributed by atoms with van der Waals surface area (Å²) in [7, 11) is 1.97. The lowest BCUT2D eigenvalue weighted by Crippen LogP contribution is -2.27. The van der Waals surface area contributed by atoms with E-state index in [0.717, 1.165) is 36.6 Å². The molecule has 0 radical (unpaired) electrons. The van der Waals surface area contributed by atoms with E-state index in [1.54, 1.807) is 6.20 Å². The summed E-state index contributed by atoms with van der Waals surface area (Å²) >= 11 is 6.24. The van der Waals surface area contributed by atoms with Crippen LogP contribution in [-0.4, -0.2) is 23.4 Å². The standard InChI is InChI=1S/C12H22ClN3/c1-5-8-16-11(10(13)9-15-16)12(2,3)6-7-14-4/h9,14H,5-8H2,1-4H3. The predicted octanol–water partition coefficient (Wildman–Crippen LogP) is 2.83. The molecule has 16 heavy (non-hydrogen) atoms. The molecule has 0 fully saturated rings. The first-order valence-corrected chi connectivity index (χ1v) is 6.27. The van der Waals surface area contributed by atoms with Gasteiger partial charge in [0.15, 0.2) is 0 Å². The van der Waals surface area contributed by atoms with Gasteiger partial charge in [0.25, 0.3) is 0 Å². The Morgan fingerprint density at radius 3 is 2.75 bits per heavy atom. The highest BCUT2D eigenvalue weighted by Crippen LogP contribution is 2.32. The Labute approximate surface area is 103 Å².